The van der Waals surface area contributed by atoms with Crippen LogP contribution in [0.1, 0.15) is 40.7 Å². The zero-order valence-corrected chi connectivity index (χ0v) is 21.2. The summed E-state index contributed by atoms with van der Waals surface area (Å²) in [6.45, 7) is 3.36. The average Bonchev–Trinajstić information content (AvgIpc) is 2.87. The van der Waals surface area contributed by atoms with Crippen LogP contribution in [0.4, 0.5) is 14.5 Å². The van der Waals surface area contributed by atoms with E-state index < -0.39 is 46.3 Å². The number of carbonyl (C=O) groups is 2. The summed E-state index contributed by atoms with van der Waals surface area (Å²) in [4.78, 5) is 54.4. The molecular weight excluding hydrogens is 536 g/mol. The molecule has 4 rings (SSSR count). The minimum atomic E-state index is -0.945. The molecule has 0 fully saturated rings. The van der Waals surface area contributed by atoms with Crippen LogP contribution in [0.15, 0.2) is 70.5 Å². The van der Waals surface area contributed by atoms with E-state index in [1.54, 1.807) is 13.8 Å². The van der Waals surface area contributed by atoms with Gasteiger partial charge in [-0.1, -0.05) is 11.6 Å². The summed E-state index contributed by atoms with van der Waals surface area (Å²) in [5.74, 6) is -3.65. The van der Waals surface area contributed by atoms with Crippen LogP contribution in [0.5, 0.6) is 11.5 Å². The molecule has 0 aliphatic rings. The van der Waals surface area contributed by atoms with Crippen molar-refractivity contribution in [3.63, 3.8) is 0 Å². The minimum Gasteiger partial charge on any atom is -0.453 e. The average molecular weight is 556 g/mol. The number of primary amides is 1. The van der Waals surface area contributed by atoms with E-state index >= 15 is 0 Å². The van der Waals surface area contributed by atoms with E-state index in [4.69, 9.17) is 22.1 Å². The van der Waals surface area contributed by atoms with Gasteiger partial charge >= 0.3 is 5.69 Å². The Kier molecular flexibility index (Phi) is 7.58. The summed E-state index contributed by atoms with van der Waals surface area (Å²) in [7, 11) is 0. The molecule has 0 radical (unpaired) electrons. The van der Waals surface area contributed by atoms with E-state index in [1.165, 1.54) is 41.1 Å². The Morgan fingerprint density at radius 1 is 1.05 bits per heavy atom. The molecule has 2 amide bonds. The second-order valence-corrected chi connectivity index (χ2v) is 8.86. The van der Waals surface area contributed by atoms with Gasteiger partial charge in [0.1, 0.15) is 27.8 Å². The highest BCUT2D eigenvalue weighted by atomic mass is 35.5. The minimum absolute atomic E-state index is 0.0291. The van der Waals surface area contributed by atoms with Gasteiger partial charge in [0, 0.05) is 36.3 Å². The SMILES string of the molecule is CC(C)n1cc(C(=O)Nc2ccc(Oc3ccnc(C(N)=O)c3Cl)c(F)c2)c(=O)n(-c2ccc(F)cc2)c1=O. The molecule has 2 aromatic heterocycles. The third kappa shape index (κ3) is 5.55. The summed E-state index contributed by atoms with van der Waals surface area (Å²) in [6, 6.07) is 8.94. The number of nitrogens with zero attached hydrogens (tertiary/aromatic N) is 3. The number of hydrogen-bond donors (Lipinski definition) is 2. The number of amides is 2. The summed E-state index contributed by atoms with van der Waals surface area (Å²) in [6.07, 6.45) is 2.32. The highest BCUT2D eigenvalue weighted by molar-refractivity contribution is 6.34. The van der Waals surface area contributed by atoms with Crippen LogP contribution in [0.2, 0.25) is 5.02 Å². The second-order valence-electron chi connectivity index (χ2n) is 8.48. The summed E-state index contributed by atoms with van der Waals surface area (Å²) in [5.41, 5.74) is 2.91. The zero-order valence-electron chi connectivity index (χ0n) is 20.4. The quantitative estimate of drug-likeness (QED) is 0.353. The number of nitrogens with two attached hydrogens (primary N) is 1. The lowest BCUT2D eigenvalue weighted by Crippen LogP contribution is -2.42. The molecule has 0 saturated heterocycles. The van der Waals surface area contributed by atoms with Crippen LogP contribution in [0.3, 0.4) is 0 Å². The molecule has 0 spiro atoms. The number of aromatic nitrogens is 3. The fraction of sp³-hybridized carbons (Fsp3) is 0.115. The van der Waals surface area contributed by atoms with Crippen LogP contribution in [0.25, 0.3) is 5.69 Å². The Bertz CT molecular complexity index is 1720. The maximum absolute atomic E-state index is 14.8. The molecule has 4 aromatic rings. The first kappa shape index (κ1) is 27.2. The van der Waals surface area contributed by atoms with Gasteiger partial charge in [-0.05, 0) is 50.2 Å². The van der Waals surface area contributed by atoms with Crippen molar-refractivity contribution in [2.75, 3.05) is 5.32 Å². The van der Waals surface area contributed by atoms with Crippen molar-refractivity contribution in [2.24, 2.45) is 5.73 Å². The predicted octanol–water partition coefficient (Wildman–Crippen LogP) is 4.05. The van der Waals surface area contributed by atoms with E-state index in [0.29, 0.717) is 0 Å². The van der Waals surface area contributed by atoms with E-state index in [2.05, 4.69) is 10.3 Å². The Morgan fingerprint density at radius 2 is 1.74 bits per heavy atom. The van der Waals surface area contributed by atoms with Crippen molar-refractivity contribution in [3.8, 4) is 17.2 Å². The first-order valence-corrected chi connectivity index (χ1v) is 11.7. The Hall–Kier alpha value is -4.84. The van der Waals surface area contributed by atoms with Crippen LogP contribution in [-0.4, -0.2) is 25.9 Å². The fourth-order valence-electron chi connectivity index (χ4n) is 3.57. The van der Waals surface area contributed by atoms with Crippen LogP contribution in [-0.2, 0) is 0 Å². The molecule has 0 unspecified atom stereocenters. The van der Waals surface area contributed by atoms with Gasteiger partial charge in [-0.2, -0.15) is 0 Å². The number of rotatable bonds is 7. The maximum atomic E-state index is 14.8. The number of carbonyl (C=O) groups excluding carboxylic acids is 2. The normalized spacial score (nSPS) is 10.9. The van der Waals surface area contributed by atoms with Crippen molar-refractivity contribution >= 4 is 29.1 Å². The number of ether oxygens (including phenoxy) is 1. The van der Waals surface area contributed by atoms with E-state index in [1.807, 2.05) is 0 Å². The molecule has 2 heterocycles. The molecule has 13 heteroatoms. The van der Waals surface area contributed by atoms with Gasteiger partial charge in [0.15, 0.2) is 11.6 Å². The molecule has 39 heavy (non-hydrogen) atoms. The Labute approximate surface area is 224 Å². The topological polar surface area (TPSA) is 138 Å². The van der Waals surface area contributed by atoms with Gasteiger partial charge in [0.25, 0.3) is 17.4 Å². The highest BCUT2D eigenvalue weighted by Gasteiger charge is 2.21. The molecular formula is C26H20ClF2N5O5. The molecule has 0 atom stereocenters. The summed E-state index contributed by atoms with van der Waals surface area (Å²) in [5, 5.41) is 2.21. The fourth-order valence-corrected chi connectivity index (χ4v) is 3.81. The smallest absolute Gasteiger partial charge is 0.335 e. The summed E-state index contributed by atoms with van der Waals surface area (Å²) >= 11 is 6.06. The van der Waals surface area contributed by atoms with E-state index in [-0.39, 0.29) is 33.6 Å². The van der Waals surface area contributed by atoms with Crippen LogP contribution >= 0.6 is 11.6 Å². The van der Waals surface area contributed by atoms with Crippen LogP contribution in [0, 0.1) is 11.6 Å². The number of benzene rings is 2. The number of nitrogens with one attached hydrogen (secondary N) is 1. The molecule has 3 N–H and O–H groups in total. The molecule has 200 valence electrons. The summed E-state index contributed by atoms with van der Waals surface area (Å²) < 4.78 is 35.6. The monoisotopic (exact) mass is 555 g/mol. The Morgan fingerprint density at radius 3 is 2.36 bits per heavy atom. The van der Waals surface area contributed by atoms with Gasteiger partial charge in [-0.3, -0.25) is 19.0 Å². The van der Waals surface area contributed by atoms with Crippen molar-refractivity contribution in [2.45, 2.75) is 19.9 Å². The molecule has 0 bridgehead atoms. The maximum Gasteiger partial charge on any atom is 0.335 e. The number of halogens is 3. The third-order valence-corrected chi connectivity index (χ3v) is 5.86. The van der Waals surface area contributed by atoms with Crippen LogP contribution < -0.4 is 27.0 Å². The highest BCUT2D eigenvalue weighted by Crippen LogP contribution is 2.33. The van der Waals surface area contributed by atoms with Gasteiger partial charge in [0.2, 0.25) is 0 Å². The standard InChI is InChI=1S/C26H20ClF2N5O5/c1-13(2)33-12-17(25(37)34(26(33)38)16-6-3-14(28)4-7-16)24(36)32-15-5-8-19(18(29)11-15)39-20-9-10-31-22(21(20)27)23(30)35/h3-13H,1-2H3,(H2,30,35)(H,32,36). The first-order valence-electron chi connectivity index (χ1n) is 11.3. The van der Waals surface area contributed by atoms with E-state index in [0.717, 1.165) is 29.0 Å². The van der Waals surface area contributed by atoms with Crippen molar-refractivity contribution in [1.82, 2.24) is 14.1 Å². The molecule has 10 nitrogen and oxygen atoms in total. The first-order chi connectivity index (χ1) is 18.5. The van der Waals surface area contributed by atoms with Crippen molar-refractivity contribution in [3.05, 3.63) is 110 Å². The molecule has 0 aliphatic carbocycles. The van der Waals surface area contributed by atoms with Crippen molar-refractivity contribution < 1.29 is 23.1 Å². The van der Waals surface area contributed by atoms with Gasteiger partial charge in [0.05, 0.1) is 5.69 Å². The van der Waals surface area contributed by atoms with Gasteiger partial charge < -0.3 is 15.8 Å². The lowest BCUT2D eigenvalue weighted by molar-refractivity contribution is 0.0993. The number of pyridine rings is 1. The van der Waals surface area contributed by atoms with Gasteiger partial charge in [-0.15, -0.1) is 0 Å². The predicted molar refractivity (Wildman–Crippen MR) is 139 cm³/mol. The zero-order chi connectivity index (χ0) is 28.4. The molecule has 2 aromatic carbocycles. The van der Waals surface area contributed by atoms with E-state index in [9.17, 15) is 28.0 Å². The largest absolute Gasteiger partial charge is 0.453 e. The lowest BCUT2D eigenvalue weighted by atomic mass is 10.2. The van der Waals surface area contributed by atoms with Crippen molar-refractivity contribution in [1.29, 1.82) is 0 Å². The molecule has 0 saturated carbocycles. The Balaban J connectivity index is 1.66. The van der Waals surface area contributed by atoms with Gasteiger partial charge in [-0.25, -0.2) is 23.1 Å². The molecule has 0 aliphatic heterocycles. The number of anilines is 1. The third-order valence-electron chi connectivity index (χ3n) is 5.50. The number of hydrogen-bond acceptors (Lipinski definition) is 6. The second kappa shape index (κ2) is 10.9. The lowest BCUT2D eigenvalue weighted by Gasteiger charge is -2.16.